The molecule has 0 aliphatic heterocycles. The van der Waals surface area contributed by atoms with Gasteiger partial charge >= 0.3 is 0 Å². The number of aromatic nitrogens is 3. The predicted molar refractivity (Wildman–Crippen MR) is 66.9 cm³/mol. The molecule has 0 amide bonds. The van der Waals surface area contributed by atoms with Gasteiger partial charge in [-0.1, -0.05) is 22.9 Å². The molecular formula is C12H12ClFN4. The van der Waals surface area contributed by atoms with Crippen molar-refractivity contribution in [3.63, 3.8) is 0 Å². The Balaban J connectivity index is 1.89. The van der Waals surface area contributed by atoms with E-state index >= 15 is 0 Å². The molecule has 18 heavy (non-hydrogen) atoms. The second kappa shape index (κ2) is 4.24. The fourth-order valence-electron chi connectivity index (χ4n) is 2.04. The molecule has 1 aliphatic carbocycles. The molecule has 0 bridgehead atoms. The zero-order valence-corrected chi connectivity index (χ0v) is 10.4. The van der Waals surface area contributed by atoms with Crippen LogP contribution in [0.15, 0.2) is 18.2 Å². The third kappa shape index (κ3) is 2.06. The van der Waals surface area contributed by atoms with Gasteiger partial charge in [0.2, 0.25) is 0 Å². The summed E-state index contributed by atoms with van der Waals surface area (Å²) in [4.78, 5) is 0. The van der Waals surface area contributed by atoms with E-state index in [1.165, 1.54) is 6.07 Å². The van der Waals surface area contributed by atoms with Crippen molar-refractivity contribution in [2.24, 2.45) is 0 Å². The average molecular weight is 267 g/mol. The van der Waals surface area contributed by atoms with Gasteiger partial charge < -0.3 is 5.73 Å². The molecule has 2 aromatic rings. The van der Waals surface area contributed by atoms with E-state index in [4.69, 9.17) is 17.3 Å². The van der Waals surface area contributed by atoms with Gasteiger partial charge in [0.15, 0.2) is 5.82 Å². The normalized spacial score (nSPS) is 15.0. The maximum absolute atomic E-state index is 13.4. The lowest BCUT2D eigenvalue weighted by atomic mass is 10.2. The lowest BCUT2D eigenvalue weighted by Gasteiger charge is -2.06. The van der Waals surface area contributed by atoms with Crippen LogP contribution in [0.1, 0.15) is 30.0 Å². The van der Waals surface area contributed by atoms with Gasteiger partial charge in [-0.05, 0) is 30.5 Å². The van der Waals surface area contributed by atoms with Gasteiger partial charge in [-0.15, -0.1) is 5.10 Å². The van der Waals surface area contributed by atoms with E-state index in [1.807, 2.05) is 0 Å². The van der Waals surface area contributed by atoms with Crippen LogP contribution in [0.4, 0.5) is 10.2 Å². The topological polar surface area (TPSA) is 56.7 Å². The highest BCUT2D eigenvalue weighted by atomic mass is 35.5. The Hall–Kier alpha value is -1.62. The van der Waals surface area contributed by atoms with Gasteiger partial charge in [-0.2, -0.15) is 0 Å². The quantitative estimate of drug-likeness (QED) is 0.929. The number of benzene rings is 1. The van der Waals surface area contributed by atoms with Gasteiger partial charge in [0.25, 0.3) is 0 Å². The molecule has 1 aromatic carbocycles. The summed E-state index contributed by atoms with van der Waals surface area (Å²) in [5.41, 5.74) is 7.56. The van der Waals surface area contributed by atoms with Crippen LogP contribution in [0, 0.1) is 5.82 Å². The molecule has 2 N–H and O–H groups in total. The molecule has 4 nitrogen and oxygen atoms in total. The number of halogens is 2. The van der Waals surface area contributed by atoms with Gasteiger partial charge in [-0.25, -0.2) is 9.07 Å². The lowest BCUT2D eigenvalue weighted by Crippen LogP contribution is -2.07. The molecule has 1 aromatic heterocycles. The molecule has 1 aliphatic rings. The Bertz CT molecular complexity index is 592. The van der Waals surface area contributed by atoms with Crippen molar-refractivity contribution in [2.45, 2.75) is 25.3 Å². The van der Waals surface area contributed by atoms with Crippen LogP contribution in [0.3, 0.4) is 0 Å². The first-order valence-electron chi connectivity index (χ1n) is 5.78. The number of anilines is 1. The third-order valence-electron chi connectivity index (χ3n) is 3.08. The van der Waals surface area contributed by atoms with Crippen molar-refractivity contribution in [3.8, 4) is 0 Å². The van der Waals surface area contributed by atoms with Crippen LogP contribution in [0.2, 0.25) is 5.02 Å². The predicted octanol–water partition coefficient (Wildman–Crippen LogP) is 2.58. The van der Waals surface area contributed by atoms with Crippen LogP contribution < -0.4 is 5.73 Å². The number of nitrogens with two attached hydrogens (primary N) is 1. The van der Waals surface area contributed by atoms with Crippen molar-refractivity contribution in [1.29, 1.82) is 0 Å². The fraction of sp³-hybridized carbons (Fsp3) is 0.333. The van der Waals surface area contributed by atoms with E-state index in [9.17, 15) is 4.39 Å². The smallest absolute Gasteiger partial charge is 0.169 e. The van der Waals surface area contributed by atoms with Gasteiger partial charge in [0, 0.05) is 5.92 Å². The number of nitrogens with zero attached hydrogens (tertiary/aromatic N) is 3. The van der Waals surface area contributed by atoms with Crippen LogP contribution in [-0.2, 0) is 6.54 Å². The molecule has 6 heteroatoms. The maximum atomic E-state index is 13.4. The van der Waals surface area contributed by atoms with E-state index in [-0.39, 0.29) is 5.02 Å². The summed E-state index contributed by atoms with van der Waals surface area (Å²) in [6.07, 6.45) is 2.24. The van der Waals surface area contributed by atoms with E-state index in [2.05, 4.69) is 10.3 Å². The van der Waals surface area contributed by atoms with Gasteiger partial charge in [0.1, 0.15) is 5.82 Å². The summed E-state index contributed by atoms with van der Waals surface area (Å²) in [7, 11) is 0. The Morgan fingerprint density at radius 3 is 2.89 bits per heavy atom. The molecule has 1 heterocycles. The second-order valence-corrected chi connectivity index (χ2v) is 4.95. The standard InChI is InChI=1S/C12H12ClFN4/c13-9-4-1-7(5-10(9)14)6-18-11(8-2-3-8)12(15)16-17-18/h1,4-5,8H,2-3,6,15H2. The Labute approximate surface area is 109 Å². The first-order valence-corrected chi connectivity index (χ1v) is 6.15. The zero-order valence-electron chi connectivity index (χ0n) is 9.61. The summed E-state index contributed by atoms with van der Waals surface area (Å²) in [6.45, 7) is 0.462. The molecule has 1 saturated carbocycles. The number of hydrogen-bond donors (Lipinski definition) is 1. The second-order valence-electron chi connectivity index (χ2n) is 4.54. The van der Waals surface area contributed by atoms with Crippen LogP contribution in [0.5, 0.6) is 0 Å². The van der Waals surface area contributed by atoms with Gasteiger partial charge in [-0.3, -0.25) is 0 Å². The van der Waals surface area contributed by atoms with Crippen molar-refractivity contribution in [1.82, 2.24) is 15.0 Å². The maximum Gasteiger partial charge on any atom is 0.169 e. The molecule has 0 atom stereocenters. The third-order valence-corrected chi connectivity index (χ3v) is 3.39. The highest BCUT2D eigenvalue weighted by Gasteiger charge is 2.30. The summed E-state index contributed by atoms with van der Waals surface area (Å²) in [5.74, 6) is 0.513. The Morgan fingerprint density at radius 1 is 1.44 bits per heavy atom. The minimum Gasteiger partial charge on any atom is -0.381 e. The van der Waals surface area contributed by atoms with Crippen molar-refractivity contribution < 1.29 is 4.39 Å². The van der Waals surface area contributed by atoms with E-state index < -0.39 is 5.82 Å². The largest absolute Gasteiger partial charge is 0.381 e. The highest BCUT2D eigenvalue weighted by molar-refractivity contribution is 6.30. The van der Waals surface area contributed by atoms with Crippen LogP contribution in [-0.4, -0.2) is 15.0 Å². The minimum atomic E-state index is -0.421. The summed E-state index contributed by atoms with van der Waals surface area (Å²) in [5, 5.41) is 8.02. The zero-order chi connectivity index (χ0) is 12.7. The Kier molecular flexibility index (Phi) is 2.70. The first kappa shape index (κ1) is 11.5. The molecule has 94 valence electrons. The number of hydrogen-bond acceptors (Lipinski definition) is 3. The van der Waals surface area contributed by atoms with Gasteiger partial charge in [0.05, 0.1) is 17.3 Å². The molecule has 0 unspecified atom stereocenters. The van der Waals surface area contributed by atoms with Crippen molar-refractivity contribution >= 4 is 17.4 Å². The minimum absolute atomic E-state index is 0.124. The fourth-order valence-corrected chi connectivity index (χ4v) is 2.16. The summed E-state index contributed by atoms with van der Waals surface area (Å²) >= 11 is 5.65. The molecular weight excluding hydrogens is 255 g/mol. The SMILES string of the molecule is Nc1nnn(Cc2ccc(Cl)c(F)c2)c1C1CC1. The van der Waals surface area contributed by atoms with E-state index in [1.54, 1.807) is 16.8 Å². The van der Waals surface area contributed by atoms with Crippen molar-refractivity contribution in [2.75, 3.05) is 5.73 Å². The number of rotatable bonds is 3. The van der Waals surface area contributed by atoms with E-state index in [0.717, 1.165) is 24.1 Å². The highest BCUT2D eigenvalue weighted by Crippen LogP contribution is 2.42. The molecule has 0 saturated heterocycles. The van der Waals surface area contributed by atoms with Crippen LogP contribution in [0.25, 0.3) is 0 Å². The average Bonchev–Trinajstić information content (AvgIpc) is 3.10. The Morgan fingerprint density at radius 2 is 2.22 bits per heavy atom. The van der Waals surface area contributed by atoms with Crippen LogP contribution >= 0.6 is 11.6 Å². The summed E-state index contributed by atoms with van der Waals surface area (Å²) in [6, 6.07) is 4.74. The number of nitrogen functional groups attached to an aromatic ring is 1. The first-order chi connectivity index (χ1) is 8.65. The molecule has 3 rings (SSSR count). The molecule has 0 radical (unpaired) electrons. The monoisotopic (exact) mass is 266 g/mol. The molecule has 1 fully saturated rings. The summed E-state index contributed by atoms with van der Waals surface area (Å²) < 4.78 is 15.1. The molecule has 0 spiro atoms. The van der Waals surface area contributed by atoms with E-state index in [0.29, 0.717) is 18.3 Å². The van der Waals surface area contributed by atoms with Crippen molar-refractivity contribution in [3.05, 3.63) is 40.3 Å². The lowest BCUT2D eigenvalue weighted by molar-refractivity contribution is 0.603.